The maximum absolute atomic E-state index is 11.5. The van der Waals surface area contributed by atoms with Crippen LogP contribution < -0.4 is 0 Å². The third-order valence-corrected chi connectivity index (χ3v) is 0.794. The molecule has 0 heterocycles. The monoisotopic (exact) mass is 154 g/mol. The molecule has 0 unspecified atom stereocenters. The Morgan fingerprint density at radius 3 is 2.10 bits per heavy atom. The number of halogens is 3. The van der Waals surface area contributed by atoms with Crippen LogP contribution in [0.15, 0.2) is 11.7 Å². The molecule has 0 aromatic rings. The minimum absolute atomic E-state index is 0.904. The molecule has 0 aromatic heterocycles. The smallest absolute Gasteiger partial charge is 0.341 e. The van der Waals surface area contributed by atoms with Crippen molar-refractivity contribution in [3.63, 3.8) is 0 Å². The Kier molecular flexibility index (Phi) is 3.53. The molecule has 0 radical (unpaired) electrons. The van der Waals surface area contributed by atoms with Crippen molar-refractivity contribution in [2.45, 2.75) is 0 Å². The van der Waals surface area contributed by atoms with Gasteiger partial charge < -0.3 is 4.74 Å². The van der Waals surface area contributed by atoms with Crippen LogP contribution in [0.4, 0.5) is 13.2 Å². The summed E-state index contributed by atoms with van der Waals surface area (Å²) in [6.45, 7) is -1.50. The summed E-state index contributed by atoms with van der Waals surface area (Å²) in [4.78, 5) is 10.2. The highest BCUT2D eigenvalue weighted by atomic mass is 19.3. The molecule has 0 aliphatic carbocycles. The van der Waals surface area contributed by atoms with Gasteiger partial charge in [0.1, 0.15) is 12.2 Å². The van der Waals surface area contributed by atoms with Crippen molar-refractivity contribution in [1.82, 2.24) is 0 Å². The highest BCUT2D eigenvalue weighted by Gasteiger charge is 2.15. The highest BCUT2D eigenvalue weighted by molar-refractivity contribution is 5.88. The van der Waals surface area contributed by atoms with Crippen LogP contribution in [0.3, 0.4) is 0 Å². The number of hydrogen-bond donors (Lipinski definition) is 0. The van der Waals surface area contributed by atoms with Crippen LogP contribution >= 0.6 is 0 Å². The van der Waals surface area contributed by atoms with E-state index in [1.54, 1.807) is 0 Å². The van der Waals surface area contributed by atoms with Crippen LogP contribution in [-0.2, 0) is 9.53 Å². The summed E-state index contributed by atoms with van der Waals surface area (Å²) in [7, 11) is 0.904. The molecule has 0 aliphatic heterocycles. The van der Waals surface area contributed by atoms with Crippen molar-refractivity contribution < 1.29 is 22.7 Å². The van der Waals surface area contributed by atoms with Crippen LogP contribution in [0.25, 0.3) is 0 Å². The summed E-state index contributed by atoms with van der Waals surface area (Å²) in [6, 6.07) is 0. The van der Waals surface area contributed by atoms with Gasteiger partial charge in [-0.15, -0.1) is 0 Å². The minimum atomic E-state index is -2.34. The van der Waals surface area contributed by atoms with Gasteiger partial charge in [0.25, 0.3) is 6.08 Å². The molecule has 10 heavy (non-hydrogen) atoms. The number of ether oxygens (including phenoxy) is 1. The summed E-state index contributed by atoms with van der Waals surface area (Å²) in [5.74, 6) is -1.33. The van der Waals surface area contributed by atoms with Crippen molar-refractivity contribution in [1.29, 1.82) is 0 Å². The van der Waals surface area contributed by atoms with Crippen molar-refractivity contribution >= 4 is 5.97 Å². The number of esters is 1. The van der Waals surface area contributed by atoms with Gasteiger partial charge in [-0.2, -0.15) is 8.78 Å². The molecule has 0 aliphatic rings. The fourth-order valence-corrected chi connectivity index (χ4v) is 0.305. The highest BCUT2D eigenvalue weighted by Crippen LogP contribution is 2.09. The van der Waals surface area contributed by atoms with Crippen LogP contribution in [0, 0.1) is 0 Å². The Hall–Kier alpha value is -1.00. The molecule has 0 amide bonds. The van der Waals surface area contributed by atoms with E-state index in [1.807, 2.05) is 0 Å². The third-order valence-electron chi connectivity index (χ3n) is 0.794. The lowest BCUT2D eigenvalue weighted by Crippen LogP contribution is -2.07. The van der Waals surface area contributed by atoms with E-state index < -0.39 is 24.3 Å². The van der Waals surface area contributed by atoms with E-state index in [9.17, 15) is 18.0 Å². The molecule has 0 atom stereocenters. The number of carbonyl (C=O) groups is 1. The van der Waals surface area contributed by atoms with Crippen molar-refractivity contribution in [2.24, 2.45) is 0 Å². The van der Waals surface area contributed by atoms with Crippen molar-refractivity contribution in [2.75, 3.05) is 13.8 Å². The Bertz CT molecular complexity index is 160. The van der Waals surface area contributed by atoms with E-state index in [1.165, 1.54) is 0 Å². The predicted octanol–water partition coefficient (Wildman–Crippen LogP) is 1.28. The van der Waals surface area contributed by atoms with E-state index >= 15 is 0 Å². The van der Waals surface area contributed by atoms with E-state index in [2.05, 4.69) is 4.74 Å². The third kappa shape index (κ3) is 2.08. The maximum Gasteiger partial charge on any atom is 0.341 e. The standard InChI is InChI=1S/C5H5F3O2/c1-10-5(9)3(2-6)4(7)8/h2H2,1H3. The molecule has 0 N–H and O–H groups in total. The van der Waals surface area contributed by atoms with E-state index in [0.29, 0.717) is 0 Å². The van der Waals surface area contributed by atoms with Gasteiger partial charge in [0.2, 0.25) is 0 Å². The quantitative estimate of drug-likeness (QED) is 0.442. The molecule has 58 valence electrons. The summed E-state index contributed by atoms with van der Waals surface area (Å²) < 4.78 is 38.3. The number of methoxy groups -OCH3 is 1. The Morgan fingerprint density at radius 1 is 1.50 bits per heavy atom. The number of hydrogen-bond acceptors (Lipinski definition) is 2. The topological polar surface area (TPSA) is 26.3 Å². The molecule has 0 saturated carbocycles. The van der Waals surface area contributed by atoms with Gasteiger partial charge >= 0.3 is 5.97 Å². The lowest BCUT2D eigenvalue weighted by atomic mass is 10.3. The fourth-order valence-electron chi connectivity index (χ4n) is 0.305. The van der Waals surface area contributed by atoms with Gasteiger partial charge in [-0.25, -0.2) is 9.18 Å². The zero-order valence-electron chi connectivity index (χ0n) is 5.16. The largest absolute Gasteiger partial charge is 0.465 e. The Balaban J connectivity index is 4.37. The van der Waals surface area contributed by atoms with Gasteiger partial charge in [-0.1, -0.05) is 0 Å². The van der Waals surface area contributed by atoms with Gasteiger partial charge in [0.15, 0.2) is 0 Å². The van der Waals surface area contributed by atoms with Crippen LogP contribution in [-0.4, -0.2) is 19.8 Å². The molecule has 5 heteroatoms. The summed E-state index contributed by atoms with van der Waals surface area (Å²) in [5.41, 5.74) is -1.22. The predicted molar refractivity (Wildman–Crippen MR) is 27.2 cm³/mol. The lowest BCUT2D eigenvalue weighted by Gasteiger charge is -1.96. The van der Waals surface area contributed by atoms with Gasteiger partial charge in [-0.3, -0.25) is 0 Å². The number of rotatable bonds is 2. The van der Waals surface area contributed by atoms with Gasteiger partial charge in [0.05, 0.1) is 7.11 Å². The first kappa shape index (κ1) is 9.00. The van der Waals surface area contributed by atoms with E-state index in [4.69, 9.17) is 0 Å². The molecule has 2 nitrogen and oxygen atoms in total. The maximum atomic E-state index is 11.5. The molecule has 0 saturated heterocycles. The molecule has 0 rings (SSSR count). The lowest BCUT2D eigenvalue weighted by molar-refractivity contribution is -0.136. The Morgan fingerprint density at radius 2 is 2.00 bits per heavy atom. The molecule has 0 spiro atoms. The van der Waals surface area contributed by atoms with Crippen LogP contribution in [0.5, 0.6) is 0 Å². The molecular weight excluding hydrogens is 149 g/mol. The second-order valence-electron chi connectivity index (χ2n) is 1.36. The van der Waals surface area contributed by atoms with Crippen LogP contribution in [0.2, 0.25) is 0 Å². The average molecular weight is 154 g/mol. The molecule has 0 aromatic carbocycles. The first-order chi connectivity index (χ1) is 4.63. The van der Waals surface area contributed by atoms with E-state index in [0.717, 1.165) is 7.11 Å². The average Bonchev–Trinajstić information content (AvgIpc) is 1.88. The zero-order valence-corrected chi connectivity index (χ0v) is 5.16. The normalized spacial score (nSPS) is 8.80. The molecular formula is C5H5F3O2. The fraction of sp³-hybridized carbons (Fsp3) is 0.400. The van der Waals surface area contributed by atoms with Crippen LogP contribution in [0.1, 0.15) is 0 Å². The summed E-state index contributed by atoms with van der Waals surface area (Å²) in [5, 5.41) is 0. The zero-order chi connectivity index (χ0) is 8.15. The number of carbonyl (C=O) groups excluding carboxylic acids is 1. The first-order valence-electron chi connectivity index (χ1n) is 2.32. The second kappa shape index (κ2) is 3.92. The second-order valence-corrected chi connectivity index (χ2v) is 1.36. The summed E-state index contributed by atoms with van der Waals surface area (Å²) >= 11 is 0. The summed E-state index contributed by atoms with van der Waals surface area (Å²) in [6.07, 6.45) is -2.34. The minimum Gasteiger partial charge on any atom is -0.465 e. The van der Waals surface area contributed by atoms with Crippen molar-refractivity contribution in [3.05, 3.63) is 11.7 Å². The Labute approximate surface area is 55.3 Å². The van der Waals surface area contributed by atoms with Gasteiger partial charge in [0, 0.05) is 0 Å². The molecule has 0 bridgehead atoms. The SMILES string of the molecule is COC(=O)C(CF)=C(F)F. The first-order valence-corrected chi connectivity index (χ1v) is 2.32. The van der Waals surface area contributed by atoms with E-state index in [-0.39, 0.29) is 0 Å². The van der Waals surface area contributed by atoms with Gasteiger partial charge in [-0.05, 0) is 0 Å². The number of alkyl halides is 1. The van der Waals surface area contributed by atoms with Crippen molar-refractivity contribution in [3.8, 4) is 0 Å². The molecule has 0 fully saturated rings.